The van der Waals surface area contributed by atoms with Crippen molar-refractivity contribution >= 4 is 15.9 Å². The van der Waals surface area contributed by atoms with Crippen LogP contribution in [0.1, 0.15) is 29.9 Å². The van der Waals surface area contributed by atoms with Gasteiger partial charge >= 0.3 is 0 Å². The van der Waals surface area contributed by atoms with E-state index in [4.69, 9.17) is 4.42 Å². The third-order valence-corrected chi connectivity index (χ3v) is 3.46. The molecule has 1 aromatic carbocycles. The lowest BCUT2D eigenvalue weighted by Crippen LogP contribution is -2.22. The summed E-state index contributed by atoms with van der Waals surface area (Å²) < 4.78 is 19.3. The largest absolute Gasteiger partial charge is 0.467 e. The van der Waals surface area contributed by atoms with E-state index < -0.39 is 0 Å². The molecule has 2 rings (SSSR count). The number of hydrogen-bond donors (Lipinski definition) is 1. The van der Waals surface area contributed by atoms with Gasteiger partial charge in [0, 0.05) is 0 Å². The van der Waals surface area contributed by atoms with Crippen molar-refractivity contribution in [3.63, 3.8) is 0 Å². The SMILES string of the molecule is CCNC(c1ccc(F)c(Br)c1)c1occc1C. The fourth-order valence-corrected chi connectivity index (χ4v) is 2.33. The van der Waals surface area contributed by atoms with E-state index >= 15 is 0 Å². The van der Waals surface area contributed by atoms with Gasteiger partial charge in [-0.1, -0.05) is 13.0 Å². The molecule has 1 heterocycles. The first kappa shape index (κ1) is 13.3. The van der Waals surface area contributed by atoms with Crippen LogP contribution in [0.15, 0.2) is 39.4 Å². The van der Waals surface area contributed by atoms with Crippen LogP contribution in [0.3, 0.4) is 0 Å². The quantitative estimate of drug-likeness (QED) is 0.916. The highest BCUT2D eigenvalue weighted by Gasteiger charge is 2.19. The minimum atomic E-state index is -0.259. The van der Waals surface area contributed by atoms with Crippen molar-refractivity contribution in [3.8, 4) is 0 Å². The monoisotopic (exact) mass is 311 g/mol. The minimum Gasteiger partial charge on any atom is -0.467 e. The smallest absolute Gasteiger partial charge is 0.137 e. The van der Waals surface area contributed by atoms with Gasteiger partial charge in [0.15, 0.2) is 0 Å². The lowest BCUT2D eigenvalue weighted by molar-refractivity contribution is 0.449. The van der Waals surface area contributed by atoms with Crippen LogP contribution in [0.2, 0.25) is 0 Å². The molecule has 0 saturated carbocycles. The molecular formula is C14H15BrFNO. The van der Waals surface area contributed by atoms with E-state index in [0.29, 0.717) is 4.47 Å². The Morgan fingerprint density at radius 1 is 1.39 bits per heavy atom. The molecule has 0 amide bonds. The molecule has 0 fully saturated rings. The van der Waals surface area contributed by atoms with E-state index in [1.165, 1.54) is 6.07 Å². The number of furan rings is 1. The van der Waals surface area contributed by atoms with E-state index in [9.17, 15) is 4.39 Å². The number of aryl methyl sites for hydroxylation is 1. The Bertz CT molecular complexity index is 538. The Labute approximate surface area is 114 Å². The Hall–Kier alpha value is -1.13. The van der Waals surface area contributed by atoms with Gasteiger partial charge < -0.3 is 9.73 Å². The second kappa shape index (κ2) is 5.67. The number of benzene rings is 1. The van der Waals surface area contributed by atoms with Crippen LogP contribution >= 0.6 is 15.9 Å². The Balaban J connectivity index is 2.41. The summed E-state index contributed by atoms with van der Waals surface area (Å²) in [6, 6.07) is 6.89. The Morgan fingerprint density at radius 3 is 2.72 bits per heavy atom. The zero-order valence-electron chi connectivity index (χ0n) is 10.3. The van der Waals surface area contributed by atoms with Crippen molar-refractivity contribution in [2.45, 2.75) is 19.9 Å². The summed E-state index contributed by atoms with van der Waals surface area (Å²) in [5, 5.41) is 3.35. The molecule has 1 aromatic heterocycles. The summed E-state index contributed by atoms with van der Waals surface area (Å²) in [5.41, 5.74) is 2.06. The van der Waals surface area contributed by atoms with Crippen molar-refractivity contribution in [2.24, 2.45) is 0 Å². The molecule has 4 heteroatoms. The lowest BCUT2D eigenvalue weighted by Gasteiger charge is -2.17. The number of hydrogen-bond acceptors (Lipinski definition) is 2. The summed E-state index contributed by atoms with van der Waals surface area (Å²) in [7, 11) is 0. The zero-order chi connectivity index (χ0) is 13.1. The first-order valence-electron chi connectivity index (χ1n) is 5.85. The van der Waals surface area contributed by atoms with E-state index in [0.717, 1.165) is 23.4 Å². The average Bonchev–Trinajstić information content (AvgIpc) is 2.76. The van der Waals surface area contributed by atoms with E-state index in [-0.39, 0.29) is 11.9 Å². The molecule has 0 aliphatic heterocycles. The van der Waals surface area contributed by atoms with Crippen molar-refractivity contribution in [3.05, 3.63) is 57.7 Å². The highest BCUT2D eigenvalue weighted by molar-refractivity contribution is 9.10. The van der Waals surface area contributed by atoms with Gasteiger partial charge in [-0.3, -0.25) is 0 Å². The van der Waals surface area contributed by atoms with E-state index in [1.807, 2.05) is 19.9 Å². The van der Waals surface area contributed by atoms with Crippen LogP contribution in [-0.2, 0) is 0 Å². The second-order valence-electron chi connectivity index (χ2n) is 4.13. The zero-order valence-corrected chi connectivity index (χ0v) is 11.9. The highest BCUT2D eigenvalue weighted by Crippen LogP contribution is 2.28. The summed E-state index contributed by atoms with van der Waals surface area (Å²) in [5.74, 6) is 0.612. The van der Waals surface area contributed by atoms with Gasteiger partial charge in [-0.2, -0.15) is 0 Å². The van der Waals surface area contributed by atoms with Crippen LogP contribution in [0.4, 0.5) is 4.39 Å². The molecule has 0 spiro atoms. The van der Waals surface area contributed by atoms with Gasteiger partial charge in [0.1, 0.15) is 11.6 Å². The summed E-state index contributed by atoms with van der Waals surface area (Å²) in [4.78, 5) is 0. The molecule has 1 N–H and O–H groups in total. The van der Waals surface area contributed by atoms with Crippen molar-refractivity contribution in [2.75, 3.05) is 6.54 Å². The predicted molar refractivity (Wildman–Crippen MR) is 73.1 cm³/mol. The van der Waals surface area contributed by atoms with Gasteiger partial charge in [-0.25, -0.2) is 4.39 Å². The fraction of sp³-hybridized carbons (Fsp3) is 0.286. The van der Waals surface area contributed by atoms with Gasteiger partial charge in [0.25, 0.3) is 0 Å². The standard InChI is InChI=1S/C14H15BrFNO/c1-3-17-13(14-9(2)6-7-18-14)10-4-5-12(16)11(15)8-10/h4-8,13,17H,3H2,1-2H3. The normalized spacial score (nSPS) is 12.7. The molecule has 0 bridgehead atoms. The molecular weight excluding hydrogens is 297 g/mol. The molecule has 96 valence electrons. The fourth-order valence-electron chi connectivity index (χ4n) is 1.94. The number of rotatable bonds is 4. The Morgan fingerprint density at radius 2 is 2.17 bits per heavy atom. The van der Waals surface area contributed by atoms with Crippen LogP contribution in [0.5, 0.6) is 0 Å². The second-order valence-corrected chi connectivity index (χ2v) is 4.99. The molecule has 2 nitrogen and oxygen atoms in total. The van der Waals surface area contributed by atoms with Crippen LogP contribution in [0, 0.1) is 12.7 Å². The maximum Gasteiger partial charge on any atom is 0.137 e. The summed E-state index contributed by atoms with van der Waals surface area (Å²) in [6.07, 6.45) is 1.67. The molecule has 1 unspecified atom stereocenters. The third-order valence-electron chi connectivity index (χ3n) is 2.85. The van der Waals surface area contributed by atoms with Gasteiger partial charge in [-0.05, 0) is 58.7 Å². The molecule has 1 atom stereocenters. The third kappa shape index (κ3) is 2.65. The molecule has 0 aliphatic carbocycles. The van der Waals surface area contributed by atoms with Crippen LogP contribution in [0.25, 0.3) is 0 Å². The van der Waals surface area contributed by atoms with Crippen LogP contribution in [-0.4, -0.2) is 6.54 Å². The highest BCUT2D eigenvalue weighted by atomic mass is 79.9. The molecule has 2 aromatic rings. The molecule has 0 radical (unpaired) electrons. The van der Waals surface area contributed by atoms with E-state index in [1.54, 1.807) is 18.4 Å². The minimum absolute atomic E-state index is 0.0538. The number of halogens is 2. The average molecular weight is 312 g/mol. The van der Waals surface area contributed by atoms with Crippen molar-refractivity contribution < 1.29 is 8.81 Å². The molecule has 0 saturated heterocycles. The first-order valence-corrected chi connectivity index (χ1v) is 6.65. The van der Waals surface area contributed by atoms with Crippen LogP contribution < -0.4 is 5.32 Å². The van der Waals surface area contributed by atoms with Crippen molar-refractivity contribution in [1.82, 2.24) is 5.32 Å². The summed E-state index contributed by atoms with van der Waals surface area (Å²) in [6.45, 7) is 4.84. The topological polar surface area (TPSA) is 25.2 Å². The molecule has 18 heavy (non-hydrogen) atoms. The first-order chi connectivity index (χ1) is 8.63. The number of nitrogens with one attached hydrogen (secondary N) is 1. The van der Waals surface area contributed by atoms with Crippen molar-refractivity contribution in [1.29, 1.82) is 0 Å². The van der Waals surface area contributed by atoms with Gasteiger partial charge in [0.05, 0.1) is 16.8 Å². The lowest BCUT2D eigenvalue weighted by atomic mass is 10.0. The maximum absolute atomic E-state index is 13.3. The summed E-state index contributed by atoms with van der Waals surface area (Å²) >= 11 is 3.21. The molecule has 0 aliphatic rings. The maximum atomic E-state index is 13.3. The van der Waals surface area contributed by atoms with E-state index in [2.05, 4.69) is 21.2 Å². The van der Waals surface area contributed by atoms with Gasteiger partial charge in [-0.15, -0.1) is 0 Å². The Kier molecular flexibility index (Phi) is 4.19. The predicted octanol–water partition coefficient (Wildman–Crippen LogP) is 4.19. The van der Waals surface area contributed by atoms with Gasteiger partial charge in [0.2, 0.25) is 0 Å².